The Hall–Kier alpha value is -1.83. The maximum atomic E-state index is 11.0. The van der Waals surface area contributed by atoms with Gasteiger partial charge in [-0.1, -0.05) is 20.8 Å². The van der Waals surface area contributed by atoms with Crippen LogP contribution in [0.5, 0.6) is 0 Å². The quantitative estimate of drug-likeness (QED) is 0.617. The predicted octanol–water partition coefficient (Wildman–Crippen LogP) is 2.37. The lowest BCUT2D eigenvalue weighted by atomic mass is 10.0. The highest BCUT2D eigenvalue weighted by Gasteiger charge is 2.23. The number of aromatic nitrogens is 1. The van der Waals surface area contributed by atoms with Crippen LogP contribution in [0, 0.1) is 10.1 Å². The van der Waals surface area contributed by atoms with E-state index in [9.17, 15) is 18.5 Å². The molecule has 1 heterocycles. The van der Waals surface area contributed by atoms with Crippen molar-refractivity contribution in [2.75, 3.05) is 0 Å². The van der Waals surface area contributed by atoms with Crippen LogP contribution in [0.15, 0.2) is 10.4 Å². The predicted molar refractivity (Wildman–Crippen MR) is 65.4 cm³/mol. The third-order valence-corrected chi connectivity index (χ3v) is 2.71. The summed E-state index contributed by atoms with van der Waals surface area (Å²) in [6, 6.07) is 1.62. The fraction of sp³-hybridized carbons (Fsp3) is 0.500. The molecular weight excluding hydrogens is 258 g/mol. The smallest absolute Gasteiger partial charge is 0.258 e. The van der Waals surface area contributed by atoms with Crippen LogP contribution in [0.25, 0.3) is 0 Å². The van der Waals surface area contributed by atoms with Gasteiger partial charge in [-0.2, -0.15) is 8.42 Å². The van der Waals surface area contributed by atoms with E-state index in [1.165, 1.54) is 0 Å². The minimum Gasteiger partial charge on any atom is -0.258 e. The first-order valence-corrected chi connectivity index (χ1v) is 6.39. The van der Waals surface area contributed by atoms with Crippen molar-refractivity contribution in [3.8, 4) is 0 Å². The van der Waals surface area contributed by atoms with Crippen molar-refractivity contribution >= 4 is 22.0 Å². The molecular formula is C10H13N3O4S. The molecule has 0 unspecified atom stereocenters. The van der Waals surface area contributed by atoms with Gasteiger partial charge in [0.15, 0.2) is 0 Å². The lowest BCUT2D eigenvalue weighted by molar-refractivity contribution is -0.385. The molecule has 0 N–H and O–H groups in total. The number of rotatable bonds is 4. The summed E-state index contributed by atoms with van der Waals surface area (Å²) in [5.41, 5.74) is 0.677. The molecule has 1 aromatic rings. The Kier molecular flexibility index (Phi) is 4.49. The molecule has 1 rings (SSSR count). The number of pyridine rings is 1. The molecule has 0 aliphatic heterocycles. The van der Waals surface area contributed by atoms with Crippen LogP contribution in [-0.4, -0.2) is 18.3 Å². The Morgan fingerprint density at radius 2 is 2.11 bits per heavy atom. The molecule has 0 aromatic carbocycles. The zero-order chi connectivity index (χ0) is 13.9. The Morgan fingerprint density at radius 1 is 1.50 bits per heavy atom. The SMILES string of the molecule is CCc1cc(C(C)C)nc(N=S(=O)=O)c1[N+](=O)[O-]. The van der Waals surface area contributed by atoms with Gasteiger partial charge in [0.05, 0.1) is 4.92 Å². The highest BCUT2D eigenvalue weighted by atomic mass is 32.2. The molecule has 0 aliphatic carbocycles. The van der Waals surface area contributed by atoms with Crippen molar-refractivity contribution < 1.29 is 13.3 Å². The number of nitro groups is 1. The Bertz CT molecular complexity index is 600. The summed E-state index contributed by atoms with van der Waals surface area (Å²) in [7, 11) is -2.77. The van der Waals surface area contributed by atoms with Crippen molar-refractivity contribution in [3.05, 3.63) is 27.4 Å². The van der Waals surface area contributed by atoms with Crippen molar-refractivity contribution in [3.63, 3.8) is 0 Å². The van der Waals surface area contributed by atoms with Gasteiger partial charge in [-0.3, -0.25) is 10.1 Å². The van der Waals surface area contributed by atoms with Gasteiger partial charge in [-0.25, -0.2) is 4.98 Å². The highest BCUT2D eigenvalue weighted by molar-refractivity contribution is 7.61. The second-order valence-corrected chi connectivity index (χ2v) is 4.57. The zero-order valence-corrected chi connectivity index (χ0v) is 11.1. The maximum Gasteiger partial charge on any atom is 0.318 e. The summed E-state index contributed by atoms with van der Waals surface area (Å²) in [5, 5.41) is 11.0. The van der Waals surface area contributed by atoms with E-state index in [0.717, 1.165) is 0 Å². The van der Waals surface area contributed by atoms with Crippen LogP contribution in [0.2, 0.25) is 0 Å². The van der Waals surface area contributed by atoms with E-state index < -0.39 is 15.4 Å². The molecule has 0 fully saturated rings. The van der Waals surface area contributed by atoms with E-state index in [2.05, 4.69) is 9.35 Å². The van der Waals surface area contributed by atoms with Crippen molar-refractivity contribution in [2.45, 2.75) is 33.1 Å². The average molecular weight is 271 g/mol. The second-order valence-electron chi connectivity index (χ2n) is 3.95. The second kappa shape index (κ2) is 5.67. The third kappa shape index (κ3) is 3.10. The molecule has 0 bridgehead atoms. The van der Waals surface area contributed by atoms with Crippen molar-refractivity contribution in [1.29, 1.82) is 0 Å². The van der Waals surface area contributed by atoms with E-state index in [0.29, 0.717) is 17.7 Å². The van der Waals surface area contributed by atoms with E-state index >= 15 is 0 Å². The average Bonchev–Trinajstić information content (AvgIpc) is 2.26. The largest absolute Gasteiger partial charge is 0.318 e. The summed E-state index contributed by atoms with van der Waals surface area (Å²) < 4.78 is 24.4. The maximum absolute atomic E-state index is 11.0. The molecule has 0 atom stereocenters. The van der Waals surface area contributed by atoms with Crippen LogP contribution >= 0.6 is 0 Å². The standard InChI is InChI=1S/C10H13N3O4S/c1-4-7-5-8(6(2)3)11-10(12-18(16)17)9(7)13(14)15/h5-6H,4H2,1-3H3. The van der Waals surface area contributed by atoms with Gasteiger partial charge in [0.25, 0.3) is 0 Å². The number of hydrogen-bond donors (Lipinski definition) is 0. The first-order valence-electron chi connectivity index (χ1n) is 5.36. The fourth-order valence-electron chi connectivity index (χ4n) is 1.50. The van der Waals surface area contributed by atoms with Crippen LogP contribution in [0.1, 0.15) is 37.9 Å². The van der Waals surface area contributed by atoms with Crippen LogP contribution in [0.3, 0.4) is 0 Å². The minimum atomic E-state index is -2.77. The highest BCUT2D eigenvalue weighted by Crippen LogP contribution is 2.32. The number of aryl methyl sites for hydroxylation is 1. The molecule has 18 heavy (non-hydrogen) atoms. The lowest BCUT2D eigenvalue weighted by Gasteiger charge is -2.08. The molecule has 1 aromatic heterocycles. The van der Waals surface area contributed by atoms with E-state index in [-0.39, 0.29) is 17.4 Å². The van der Waals surface area contributed by atoms with Gasteiger partial charge >= 0.3 is 16.2 Å². The Morgan fingerprint density at radius 3 is 2.50 bits per heavy atom. The molecule has 98 valence electrons. The first-order chi connectivity index (χ1) is 8.36. The van der Waals surface area contributed by atoms with Gasteiger partial charge in [-0.15, -0.1) is 4.36 Å². The molecule has 0 saturated carbocycles. The normalized spacial score (nSPS) is 10.4. The van der Waals surface area contributed by atoms with E-state index in [1.807, 2.05) is 13.8 Å². The van der Waals surface area contributed by atoms with Crippen molar-refractivity contribution in [1.82, 2.24) is 4.98 Å². The molecule has 0 aliphatic rings. The first kappa shape index (κ1) is 14.2. The lowest BCUT2D eigenvalue weighted by Crippen LogP contribution is -2.01. The minimum absolute atomic E-state index is 0.0325. The van der Waals surface area contributed by atoms with Crippen molar-refractivity contribution in [2.24, 2.45) is 4.36 Å². The Balaban J connectivity index is 3.67. The van der Waals surface area contributed by atoms with E-state index in [4.69, 9.17) is 0 Å². The van der Waals surface area contributed by atoms with Gasteiger partial charge in [0.2, 0.25) is 5.82 Å². The topological polar surface area (TPSA) is 103 Å². The molecule has 0 radical (unpaired) electrons. The van der Waals surface area contributed by atoms with Gasteiger partial charge in [0.1, 0.15) is 0 Å². The summed E-state index contributed by atoms with van der Waals surface area (Å²) in [6.45, 7) is 5.49. The van der Waals surface area contributed by atoms with Gasteiger partial charge in [-0.05, 0) is 18.4 Å². The summed E-state index contributed by atoms with van der Waals surface area (Å²) in [4.78, 5) is 14.3. The summed E-state index contributed by atoms with van der Waals surface area (Å²) in [6.07, 6.45) is 0.409. The molecule has 0 saturated heterocycles. The fourth-order valence-corrected chi connectivity index (χ4v) is 1.76. The van der Waals surface area contributed by atoms with Gasteiger partial charge in [0, 0.05) is 11.3 Å². The molecule has 7 nitrogen and oxygen atoms in total. The van der Waals surface area contributed by atoms with Crippen LogP contribution < -0.4 is 0 Å². The number of hydrogen-bond acceptors (Lipinski definition) is 6. The molecule has 0 amide bonds. The van der Waals surface area contributed by atoms with E-state index in [1.54, 1.807) is 13.0 Å². The molecule has 8 heteroatoms. The summed E-state index contributed by atoms with van der Waals surface area (Å²) >= 11 is 0. The number of nitrogens with zero attached hydrogens (tertiary/aromatic N) is 3. The van der Waals surface area contributed by atoms with Crippen LogP contribution in [0.4, 0.5) is 11.5 Å². The van der Waals surface area contributed by atoms with Gasteiger partial charge < -0.3 is 0 Å². The third-order valence-electron chi connectivity index (χ3n) is 2.39. The summed E-state index contributed by atoms with van der Waals surface area (Å²) in [5.74, 6) is -0.318. The molecule has 0 spiro atoms. The van der Waals surface area contributed by atoms with Crippen LogP contribution in [-0.2, 0) is 16.9 Å². The Labute approximate surface area is 106 Å². The zero-order valence-electron chi connectivity index (χ0n) is 10.2. The monoisotopic (exact) mass is 271 g/mol.